The van der Waals surface area contributed by atoms with Gasteiger partial charge in [0, 0.05) is 12.6 Å². The van der Waals surface area contributed by atoms with Crippen molar-refractivity contribution in [1.29, 1.82) is 0 Å². The number of fused-ring (bicyclic) bond motifs is 3. The number of aromatic nitrogens is 4. The average molecular weight is 416 g/mol. The molecular formula is C21H29N5O2S. The highest BCUT2D eigenvalue weighted by molar-refractivity contribution is 7.99. The molecule has 1 amide bonds. The number of aryl methyl sites for hydroxylation is 1. The van der Waals surface area contributed by atoms with Gasteiger partial charge in [0.15, 0.2) is 5.16 Å². The summed E-state index contributed by atoms with van der Waals surface area (Å²) < 4.78 is 3.58. The lowest BCUT2D eigenvalue weighted by Crippen LogP contribution is -2.37. The minimum Gasteiger partial charge on any atom is -0.353 e. The standard InChI is InChI=1S/C21H29N5O2S/c1-13(2)10-11-25-19(28)16-8-6-7-9-17(16)26-20(25)23-24-21(26)29-12-18(27)22-15(5)14(3)4/h6-9,13-15H,10-12H2,1-5H3,(H,22,27)/t15-/m1/s1. The van der Waals surface area contributed by atoms with Gasteiger partial charge in [-0.3, -0.25) is 18.6 Å². The smallest absolute Gasteiger partial charge is 0.262 e. The zero-order valence-corrected chi connectivity index (χ0v) is 18.5. The fourth-order valence-corrected chi connectivity index (χ4v) is 3.76. The Bertz CT molecular complexity index is 1070. The number of benzene rings is 1. The minimum atomic E-state index is -0.0544. The van der Waals surface area contributed by atoms with Crippen LogP contribution in [0.15, 0.2) is 34.2 Å². The van der Waals surface area contributed by atoms with Crippen LogP contribution in [0.1, 0.15) is 41.0 Å². The number of carbonyl (C=O) groups is 1. The third-order valence-corrected chi connectivity index (χ3v) is 6.06. The Kier molecular flexibility index (Phi) is 6.62. The van der Waals surface area contributed by atoms with Crippen molar-refractivity contribution < 1.29 is 4.79 Å². The normalized spacial score (nSPS) is 12.9. The molecule has 3 aromatic rings. The van der Waals surface area contributed by atoms with E-state index in [1.807, 2.05) is 35.6 Å². The molecule has 1 atom stereocenters. The van der Waals surface area contributed by atoms with Gasteiger partial charge in [-0.05, 0) is 37.3 Å². The fourth-order valence-electron chi connectivity index (χ4n) is 3.01. The molecule has 1 N–H and O–H groups in total. The average Bonchev–Trinajstić information content (AvgIpc) is 3.10. The molecule has 0 saturated heterocycles. The molecule has 0 aliphatic rings. The summed E-state index contributed by atoms with van der Waals surface area (Å²) in [7, 11) is 0. The Morgan fingerprint density at radius 2 is 1.86 bits per heavy atom. The van der Waals surface area contributed by atoms with E-state index in [0.717, 1.165) is 11.9 Å². The van der Waals surface area contributed by atoms with Gasteiger partial charge in [0.1, 0.15) is 0 Å². The van der Waals surface area contributed by atoms with Gasteiger partial charge < -0.3 is 5.32 Å². The molecule has 29 heavy (non-hydrogen) atoms. The van der Waals surface area contributed by atoms with E-state index in [1.54, 1.807) is 4.57 Å². The maximum atomic E-state index is 13.0. The van der Waals surface area contributed by atoms with Crippen LogP contribution in [0.4, 0.5) is 0 Å². The Balaban J connectivity index is 1.97. The monoisotopic (exact) mass is 415 g/mol. The highest BCUT2D eigenvalue weighted by atomic mass is 32.2. The topological polar surface area (TPSA) is 81.3 Å². The molecule has 8 heteroatoms. The number of thioether (sulfide) groups is 1. The van der Waals surface area contributed by atoms with Crippen molar-refractivity contribution in [3.8, 4) is 0 Å². The Hall–Kier alpha value is -2.35. The maximum absolute atomic E-state index is 13.0. The SMILES string of the molecule is CC(C)CCn1c(=O)c2ccccc2n2c(SCC(=O)N[C@H](C)C(C)C)nnc12. The zero-order valence-electron chi connectivity index (χ0n) is 17.7. The number of para-hydroxylation sites is 1. The lowest BCUT2D eigenvalue weighted by molar-refractivity contribution is -0.119. The minimum absolute atomic E-state index is 0.0367. The van der Waals surface area contributed by atoms with E-state index in [4.69, 9.17) is 0 Å². The highest BCUT2D eigenvalue weighted by Crippen LogP contribution is 2.22. The number of hydrogen-bond acceptors (Lipinski definition) is 5. The summed E-state index contributed by atoms with van der Waals surface area (Å²) >= 11 is 1.33. The first kappa shape index (κ1) is 21.4. The molecule has 2 aromatic heterocycles. The number of hydrogen-bond donors (Lipinski definition) is 1. The lowest BCUT2D eigenvalue weighted by atomic mass is 10.1. The quantitative estimate of drug-likeness (QED) is 0.571. The third kappa shape index (κ3) is 4.63. The summed E-state index contributed by atoms with van der Waals surface area (Å²) in [6.07, 6.45) is 0.874. The first-order valence-electron chi connectivity index (χ1n) is 10.1. The number of rotatable bonds is 8. The van der Waals surface area contributed by atoms with Crippen molar-refractivity contribution in [2.45, 2.75) is 58.8 Å². The van der Waals surface area contributed by atoms with Gasteiger partial charge in [0.25, 0.3) is 5.56 Å². The summed E-state index contributed by atoms with van der Waals surface area (Å²) in [6, 6.07) is 7.59. The molecule has 0 bridgehead atoms. The van der Waals surface area contributed by atoms with E-state index in [1.165, 1.54) is 11.8 Å². The first-order chi connectivity index (χ1) is 13.8. The Morgan fingerprint density at radius 1 is 1.14 bits per heavy atom. The molecule has 7 nitrogen and oxygen atoms in total. The third-order valence-electron chi connectivity index (χ3n) is 5.13. The van der Waals surface area contributed by atoms with Crippen LogP contribution < -0.4 is 10.9 Å². The molecule has 0 aliphatic heterocycles. The Labute approximate surface area is 174 Å². The van der Waals surface area contributed by atoms with Crippen LogP contribution >= 0.6 is 11.8 Å². The molecule has 0 unspecified atom stereocenters. The second kappa shape index (κ2) is 8.98. The van der Waals surface area contributed by atoms with Crippen LogP contribution in [0.5, 0.6) is 0 Å². The van der Waals surface area contributed by atoms with E-state index in [-0.39, 0.29) is 23.3 Å². The molecule has 0 aliphatic carbocycles. The predicted octanol–water partition coefficient (Wildman–Crippen LogP) is 3.34. The van der Waals surface area contributed by atoms with Crippen LogP contribution in [0, 0.1) is 11.8 Å². The second-order valence-corrected chi connectivity index (χ2v) is 9.11. The van der Waals surface area contributed by atoms with E-state index in [2.05, 4.69) is 43.2 Å². The fraction of sp³-hybridized carbons (Fsp3) is 0.524. The van der Waals surface area contributed by atoms with Crippen LogP contribution in [-0.2, 0) is 11.3 Å². The molecule has 0 fully saturated rings. The van der Waals surface area contributed by atoms with Gasteiger partial charge in [-0.1, -0.05) is 51.6 Å². The van der Waals surface area contributed by atoms with Gasteiger partial charge in [-0.15, -0.1) is 10.2 Å². The summed E-state index contributed by atoms with van der Waals surface area (Å²) in [5, 5.41) is 12.8. The van der Waals surface area contributed by atoms with Crippen LogP contribution in [0.25, 0.3) is 16.7 Å². The molecule has 0 saturated carbocycles. The maximum Gasteiger partial charge on any atom is 0.262 e. The van der Waals surface area contributed by atoms with Crippen molar-refractivity contribution in [3.63, 3.8) is 0 Å². The largest absolute Gasteiger partial charge is 0.353 e. The summed E-state index contributed by atoms with van der Waals surface area (Å²) in [6.45, 7) is 11.0. The van der Waals surface area contributed by atoms with Crippen LogP contribution in [-0.4, -0.2) is 36.9 Å². The van der Waals surface area contributed by atoms with Gasteiger partial charge in [-0.25, -0.2) is 0 Å². The molecule has 156 valence electrons. The number of amides is 1. The highest BCUT2D eigenvalue weighted by Gasteiger charge is 2.18. The molecule has 0 radical (unpaired) electrons. The van der Waals surface area contributed by atoms with Gasteiger partial charge in [0.2, 0.25) is 11.7 Å². The molecular weight excluding hydrogens is 386 g/mol. The number of nitrogens with zero attached hydrogens (tertiary/aromatic N) is 4. The first-order valence-corrected chi connectivity index (χ1v) is 11.1. The van der Waals surface area contributed by atoms with Gasteiger partial charge >= 0.3 is 0 Å². The van der Waals surface area contributed by atoms with E-state index >= 15 is 0 Å². The number of carbonyl (C=O) groups excluding carboxylic acids is 1. The van der Waals surface area contributed by atoms with Gasteiger partial charge in [-0.2, -0.15) is 0 Å². The zero-order chi connectivity index (χ0) is 21.1. The second-order valence-electron chi connectivity index (χ2n) is 8.16. The van der Waals surface area contributed by atoms with Gasteiger partial charge in [0.05, 0.1) is 16.7 Å². The number of nitrogens with one attached hydrogen (secondary N) is 1. The van der Waals surface area contributed by atoms with Crippen molar-refractivity contribution in [1.82, 2.24) is 24.5 Å². The predicted molar refractivity (Wildman–Crippen MR) is 117 cm³/mol. The summed E-state index contributed by atoms with van der Waals surface area (Å²) in [5.41, 5.74) is 0.706. The Morgan fingerprint density at radius 3 is 2.55 bits per heavy atom. The molecule has 0 spiro atoms. The van der Waals surface area contributed by atoms with Crippen LogP contribution in [0.3, 0.4) is 0 Å². The van der Waals surface area contributed by atoms with E-state index in [9.17, 15) is 9.59 Å². The van der Waals surface area contributed by atoms with E-state index in [0.29, 0.717) is 34.7 Å². The van der Waals surface area contributed by atoms with Crippen molar-refractivity contribution in [3.05, 3.63) is 34.6 Å². The van der Waals surface area contributed by atoms with Crippen molar-refractivity contribution in [2.24, 2.45) is 11.8 Å². The van der Waals surface area contributed by atoms with E-state index < -0.39 is 0 Å². The summed E-state index contributed by atoms with van der Waals surface area (Å²) in [4.78, 5) is 25.3. The van der Waals surface area contributed by atoms with Crippen molar-refractivity contribution in [2.75, 3.05) is 5.75 Å². The summed E-state index contributed by atoms with van der Waals surface area (Å²) in [5.74, 6) is 1.57. The van der Waals surface area contributed by atoms with Crippen molar-refractivity contribution >= 4 is 34.3 Å². The lowest BCUT2D eigenvalue weighted by Gasteiger charge is -2.17. The molecule has 3 rings (SSSR count). The molecule has 1 aromatic carbocycles. The molecule has 2 heterocycles. The van der Waals surface area contributed by atoms with Crippen LogP contribution in [0.2, 0.25) is 0 Å².